The number of aromatic amines is 1. The Morgan fingerprint density at radius 1 is 1.40 bits per heavy atom. The van der Waals surface area contributed by atoms with E-state index < -0.39 is 0 Å². The molecule has 0 aliphatic heterocycles. The molecule has 0 aromatic carbocycles. The molecule has 0 amide bonds. The lowest BCUT2D eigenvalue weighted by molar-refractivity contribution is 0.532. The molecule has 0 atom stereocenters. The molecule has 78 valence electrons. The average molecular weight is 203 g/mol. The molecule has 0 spiro atoms. The van der Waals surface area contributed by atoms with Gasteiger partial charge in [0.05, 0.1) is 11.7 Å². The Bertz CT molecular complexity index is 534. The van der Waals surface area contributed by atoms with Crippen LogP contribution in [0.4, 0.5) is 0 Å². The Labute approximate surface area is 87.0 Å². The number of nitrogens with one attached hydrogen (secondary N) is 1. The maximum atomic E-state index is 11.5. The third-order valence-electron chi connectivity index (χ3n) is 3.23. The van der Waals surface area contributed by atoms with E-state index in [9.17, 15) is 4.79 Å². The van der Waals surface area contributed by atoms with Crippen molar-refractivity contribution in [3.05, 3.63) is 28.9 Å². The monoisotopic (exact) mass is 203 g/mol. The highest BCUT2D eigenvalue weighted by atomic mass is 16.1. The van der Waals surface area contributed by atoms with Crippen molar-refractivity contribution >= 4 is 11.0 Å². The quantitative estimate of drug-likeness (QED) is 0.768. The normalized spacial score (nSPS) is 17.6. The van der Waals surface area contributed by atoms with Crippen LogP contribution in [0.15, 0.2) is 23.4 Å². The van der Waals surface area contributed by atoms with Crippen LogP contribution in [0, 0.1) is 0 Å². The van der Waals surface area contributed by atoms with Crippen LogP contribution >= 0.6 is 0 Å². The van der Waals surface area contributed by atoms with Crippen molar-refractivity contribution in [2.75, 3.05) is 0 Å². The summed E-state index contributed by atoms with van der Waals surface area (Å²) in [7, 11) is 0. The Morgan fingerprint density at radius 3 is 3.00 bits per heavy atom. The molecule has 1 fully saturated rings. The predicted octanol–water partition coefficient (Wildman–Crippen LogP) is 1.84. The van der Waals surface area contributed by atoms with Gasteiger partial charge in [-0.25, -0.2) is 4.98 Å². The number of aromatic nitrogens is 3. The van der Waals surface area contributed by atoms with Crippen molar-refractivity contribution < 1.29 is 0 Å². The number of nitrogens with zero attached hydrogens (tertiary/aromatic N) is 2. The van der Waals surface area contributed by atoms with Gasteiger partial charge < -0.3 is 9.55 Å². The van der Waals surface area contributed by atoms with Crippen LogP contribution in [0.5, 0.6) is 0 Å². The molecule has 15 heavy (non-hydrogen) atoms. The van der Waals surface area contributed by atoms with E-state index in [-0.39, 0.29) is 5.56 Å². The number of fused-ring (bicyclic) bond motifs is 1. The summed E-state index contributed by atoms with van der Waals surface area (Å²) in [5, 5.41) is 0.699. The highest BCUT2D eigenvalue weighted by molar-refractivity contribution is 5.74. The molecule has 2 aromatic heterocycles. The van der Waals surface area contributed by atoms with Gasteiger partial charge in [-0.15, -0.1) is 0 Å². The highest BCUT2D eigenvalue weighted by Crippen LogP contribution is 2.31. The van der Waals surface area contributed by atoms with E-state index in [1.807, 2.05) is 12.3 Å². The fourth-order valence-corrected chi connectivity index (χ4v) is 2.46. The summed E-state index contributed by atoms with van der Waals surface area (Å²) >= 11 is 0. The summed E-state index contributed by atoms with van der Waals surface area (Å²) in [5.41, 5.74) is 0.780. The van der Waals surface area contributed by atoms with Gasteiger partial charge in [0.2, 0.25) is 0 Å². The summed E-state index contributed by atoms with van der Waals surface area (Å²) in [5.74, 6) is 0. The third kappa shape index (κ3) is 1.28. The first-order valence-corrected chi connectivity index (χ1v) is 5.40. The first-order valence-electron chi connectivity index (χ1n) is 5.40. The van der Waals surface area contributed by atoms with Crippen molar-refractivity contribution in [1.82, 2.24) is 14.5 Å². The van der Waals surface area contributed by atoms with Crippen LogP contribution in [0.25, 0.3) is 11.0 Å². The first kappa shape index (κ1) is 8.71. The number of rotatable bonds is 1. The highest BCUT2D eigenvalue weighted by Gasteiger charge is 2.18. The van der Waals surface area contributed by atoms with E-state index in [1.54, 1.807) is 0 Å². The van der Waals surface area contributed by atoms with E-state index in [0.29, 0.717) is 11.4 Å². The maximum Gasteiger partial charge on any atom is 0.260 e. The largest absolute Gasteiger partial charge is 0.329 e. The van der Waals surface area contributed by atoms with E-state index in [2.05, 4.69) is 14.5 Å². The van der Waals surface area contributed by atoms with Gasteiger partial charge in [0.1, 0.15) is 5.65 Å². The Morgan fingerprint density at radius 2 is 2.20 bits per heavy atom. The topological polar surface area (TPSA) is 50.7 Å². The third-order valence-corrected chi connectivity index (χ3v) is 3.23. The van der Waals surface area contributed by atoms with Gasteiger partial charge in [0.15, 0.2) is 0 Å². The van der Waals surface area contributed by atoms with Gasteiger partial charge in [-0.1, -0.05) is 12.8 Å². The molecule has 3 rings (SSSR count). The summed E-state index contributed by atoms with van der Waals surface area (Å²) in [6, 6.07) is 2.40. The first-order chi connectivity index (χ1) is 7.36. The Hall–Kier alpha value is -1.58. The Balaban J connectivity index is 2.19. The van der Waals surface area contributed by atoms with Crippen molar-refractivity contribution in [3.63, 3.8) is 0 Å². The molecule has 1 N–H and O–H groups in total. The van der Waals surface area contributed by atoms with E-state index in [0.717, 1.165) is 5.65 Å². The minimum absolute atomic E-state index is 0.0447. The molecule has 1 aliphatic carbocycles. The van der Waals surface area contributed by atoms with Crippen molar-refractivity contribution in [1.29, 1.82) is 0 Å². The lowest BCUT2D eigenvalue weighted by Crippen LogP contribution is -2.09. The standard InChI is InChI=1S/C11H13N3O/c15-11-9-5-6-14(8-3-1-2-4-8)10(9)12-7-13-11/h5-8H,1-4H2,(H,12,13,15). The van der Waals surface area contributed by atoms with Crippen LogP contribution < -0.4 is 5.56 Å². The summed E-state index contributed by atoms with van der Waals surface area (Å²) in [4.78, 5) is 18.4. The van der Waals surface area contributed by atoms with E-state index in [1.165, 1.54) is 32.0 Å². The molecule has 0 radical (unpaired) electrons. The zero-order valence-corrected chi connectivity index (χ0v) is 8.44. The van der Waals surface area contributed by atoms with Gasteiger partial charge in [-0.05, 0) is 18.9 Å². The van der Waals surface area contributed by atoms with Gasteiger partial charge in [-0.3, -0.25) is 4.79 Å². The van der Waals surface area contributed by atoms with Gasteiger partial charge >= 0.3 is 0 Å². The molecule has 1 aliphatic rings. The SMILES string of the molecule is O=c1[nH]cnc2c1ccn2C1CCCC1. The second-order valence-corrected chi connectivity index (χ2v) is 4.13. The predicted molar refractivity (Wildman–Crippen MR) is 57.9 cm³/mol. The molecule has 4 heteroatoms. The van der Waals surface area contributed by atoms with Crippen LogP contribution in [0.1, 0.15) is 31.7 Å². The molecule has 2 heterocycles. The number of hydrogen-bond donors (Lipinski definition) is 1. The minimum atomic E-state index is -0.0447. The zero-order valence-electron chi connectivity index (χ0n) is 8.44. The lowest BCUT2D eigenvalue weighted by Gasteiger charge is -2.11. The molecular weight excluding hydrogens is 190 g/mol. The van der Waals surface area contributed by atoms with Crippen molar-refractivity contribution in [2.45, 2.75) is 31.7 Å². The van der Waals surface area contributed by atoms with Crippen LogP contribution in [0.2, 0.25) is 0 Å². The minimum Gasteiger partial charge on any atom is -0.329 e. The van der Waals surface area contributed by atoms with E-state index in [4.69, 9.17) is 0 Å². The van der Waals surface area contributed by atoms with E-state index >= 15 is 0 Å². The van der Waals surface area contributed by atoms with Gasteiger partial charge in [-0.2, -0.15) is 0 Å². The summed E-state index contributed by atoms with van der Waals surface area (Å²) < 4.78 is 2.15. The molecule has 0 bridgehead atoms. The van der Waals surface area contributed by atoms with Gasteiger partial charge in [0, 0.05) is 12.2 Å². The smallest absolute Gasteiger partial charge is 0.260 e. The zero-order chi connectivity index (χ0) is 10.3. The van der Waals surface area contributed by atoms with Crippen LogP contribution in [-0.4, -0.2) is 14.5 Å². The second-order valence-electron chi connectivity index (χ2n) is 4.13. The molecule has 0 saturated heterocycles. The number of hydrogen-bond acceptors (Lipinski definition) is 2. The molecule has 1 saturated carbocycles. The molecule has 4 nitrogen and oxygen atoms in total. The van der Waals surface area contributed by atoms with Crippen molar-refractivity contribution in [3.8, 4) is 0 Å². The maximum absolute atomic E-state index is 11.5. The van der Waals surface area contributed by atoms with Crippen LogP contribution in [0.3, 0.4) is 0 Å². The van der Waals surface area contributed by atoms with Gasteiger partial charge in [0.25, 0.3) is 5.56 Å². The fraction of sp³-hybridized carbons (Fsp3) is 0.455. The molecular formula is C11H13N3O. The lowest BCUT2D eigenvalue weighted by atomic mass is 10.2. The molecule has 0 unspecified atom stereocenters. The van der Waals surface area contributed by atoms with Crippen LogP contribution in [-0.2, 0) is 0 Å². The molecule has 2 aromatic rings. The summed E-state index contributed by atoms with van der Waals surface area (Å²) in [6.45, 7) is 0. The number of H-pyrrole nitrogens is 1. The average Bonchev–Trinajstić information content (AvgIpc) is 2.85. The Kier molecular flexibility index (Phi) is 1.87. The summed E-state index contributed by atoms with van der Waals surface area (Å²) in [6.07, 6.45) is 8.45. The van der Waals surface area contributed by atoms with Crippen molar-refractivity contribution in [2.24, 2.45) is 0 Å². The fourth-order valence-electron chi connectivity index (χ4n) is 2.46. The second kappa shape index (κ2) is 3.22.